The summed E-state index contributed by atoms with van der Waals surface area (Å²) >= 11 is 0. The molecule has 84 valence electrons. The van der Waals surface area contributed by atoms with E-state index < -0.39 is 0 Å². The normalized spacial score (nSPS) is 10.4. The van der Waals surface area contributed by atoms with E-state index in [1.54, 1.807) is 6.33 Å². The lowest BCUT2D eigenvalue weighted by molar-refractivity contribution is 0.325. The van der Waals surface area contributed by atoms with Gasteiger partial charge in [0.05, 0.1) is 18.6 Å². The number of ether oxygens (including phenoxy) is 1. The Balaban J connectivity index is 2.47. The highest BCUT2D eigenvalue weighted by atomic mass is 16.5. The molecule has 2 rings (SSSR count). The Morgan fingerprint density at radius 1 is 1.25 bits per heavy atom. The first-order valence-corrected chi connectivity index (χ1v) is 5.32. The summed E-state index contributed by atoms with van der Waals surface area (Å²) in [4.78, 5) is 8.57. The lowest BCUT2D eigenvalue weighted by Gasteiger charge is -2.09. The fourth-order valence-electron chi connectivity index (χ4n) is 1.52. The van der Waals surface area contributed by atoms with Gasteiger partial charge in [0.2, 0.25) is 5.88 Å². The van der Waals surface area contributed by atoms with Crippen molar-refractivity contribution < 1.29 is 4.74 Å². The van der Waals surface area contributed by atoms with Crippen LogP contribution in [0.2, 0.25) is 0 Å². The average Bonchev–Trinajstić information content (AvgIpc) is 2.65. The standard InChI is InChI=1S/C12H15N3O/c1-4-16-12-11(6-5-9(2)14-12)15-7-10(3)13-8-15/h5-8H,4H2,1-3H3. The highest BCUT2D eigenvalue weighted by Crippen LogP contribution is 2.20. The van der Waals surface area contributed by atoms with Crippen molar-refractivity contribution in [3.05, 3.63) is 36.0 Å². The zero-order valence-electron chi connectivity index (χ0n) is 9.77. The highest BCUT2D eigenvalue weighted by Gasteiger charge is 2.07. The quantitative estimate of drug-likeness (QED) is 0.791. The van der Waals surface area contributed by atoms with Crippen LogP contribution in [-0.2, 0) is 0 Å². The molecule has 0 aromatic carbocycles. The van der Waals surface area contributed by atoms with Gasteiger partial charge in [-0.15, -0.1) is 0 Å². The zero-order valence-corrected chi connectivity index (χ0v) is 9.77. The highest BCUT2D eigenvalue weighted by molar-refractivity contribution is 5.42. The van der Waals surface area contributed by atoms with Crippen molar-refractivity contribution in [2.75, 3.05) is 6.61 Å². The molecule has 2 aromatic rings. The molecule has 16 heavy (non-hydrogen) atoms. The van der Waals surface area contributed by atoms with Gasteiger partial charge >= 0.3 is 0 Å². The molecule has 0 spiro atoms. The van der Waals surface area contributed by atoms with Crippen molar-refractivity contribution in [2.24, 2.45) is 0 Å². The van der Waals surface area contributed by atoms with Crippen molar-refractivity contribution >= 4 is 0 Å². The molecule has 0 saturated carbocycles. The summed E-state index contributed by atoms with van der Waals surface area (Å²) in [5.41, 5.74) is 2.85. The molecule has 0 radical (unpaired) electrons. The third kappa shape index (κ3) is 2.05. The summed E-state index contributed by atoms with van der Waals surface area (Å²) in [5, 5.41) is 0. The molecular formula is C12H15N3O. The zero-order chi connectivity index (χ0) is 11.5. The fourth-order valence-corrected chi connectivity index (χ4v) is 1.52. The smallest absolute Gasteiger partial charge is 0.238 e. The summed E-state index contributed by atoms with van der Waals surface area (Å²) in [6, 6.07) is 3.96. The molecule has 0 fully saturated rings. The topological polar surface area (TPSA) is 39.9 Å². The van der Waals surface area contributed by atoms with Crippen LogP contribution in [0.3, 0.4) is 0 Å². The van der Waals surface area contributed by atoms with Crippen LogP contribution in [0.5, 0.6) is 5.88 Å². The van der Waals surface area contributed by atoms with Gasteiger partial charge in [-0.05, 0) is 32.9 Å². The summed E-state index contributed by atoms with van der Waals surface area (Å²) in [6.45, 7) is 6.47. The van der Waals surface area contributed by atoms with Crippen LogP contribution in [0, 0.1) is 13.8 Å². The Morgan fingerprint density at radius 3 is 2.69 bits per heavy atom. The van der Waals surface area contributed by atoms with E-state index in [0.29, 0.717) is 12.5 Å². The van der Waals surface area contributed by atoms with Crippen LogP contribution in [0.4, 0.5) is 0 Å². The molecule has 0 aliphatic rings. The van der Waals surface area contributed by atoms with E-state index >= 15 is 0 Å². The molecule has 0 atom stereocenters. The van der Waals surface area contributed by atoms with Gasteiger partial charge in [-0.3, -0.25) is 0 Å². The Morgan fingerprint density at radius 2 is 2.06 bits per heavy atom. The van der Waals surface area contributed by atoms with Crippen molar-refractivity contribution in [2.45, 2.75) is 20.8 Å². The number of hydrogen-bond donors (Lipinski definition) is 0. The third-order valence-corrected chi connectivity index (χ3v) is 2.25. The van der Waals surface area contributed by atoms with Gasteiger partial charge in [-0.2, -0.15) is 0 Å². The lowest BCUT2D eigenvalue weighted by Crippen LogP contribution is -2.02. The maximum absolute atomic E-state index is 5.52. The number of rotatable bonds is 3. The van der Waals surface area contributed by atoms with Gasteiger partial charge in [0.1, 0.15) is 5.69 Å². The molecule has 0 amide bonds. The lowest BCUT2D eigenvalue weighted by atomic mass is 10.3. The van der Waals surface area contributed by atoms with Crippen LogP contribution >= 0.6 is 0 Å². The summed E-state index contributed by atoms with van der Waals surface area (Å²) in [6.07, 6.45) is 3.72. The van der Waals surface area contributed by atoms with Gasteiger partial charge in [0.25, 0.3) is 0 Å². The van der Waals surface area contributed by atoms with Crippen LogP contribution in [0.1, 0.15) is 18.3 Å². The molecule has 4 heteroatoms. The predicted octanol–water partition coefficient (Wildman–Crippen LogP) is 2.28. The minimum absolute atomic E-state index is 0.608. The van der Waals surface area contributed by atoms with E-state index in [-0.39, 0.29) is 0 Å². The van der Waals surface area contributed by atoms with Crippen LogP contribution in [-0.4, -0.2) is 21.1 Å². The van der Waals surface area contributed by atoms with Gasteiger partial charge in [0, 0.05) is 11.9 Å². The Labute approximate surface area is 94.9 Å². The second-order valence-electron chi connectivity index (χ2n) is 3.63. The Bertz CT molecular complexity index is 491. The van der Waals surface area contributed by atoms with Crippen LogP contribution < -0.4 is 4.74 Å². The summed E-state index contributed by atoms with van der Waals surface area (Å²) in [7, 11) is 0. The van der Waals surface area contributed by atoms with E-state index in [1.165, 1.54) is 0 Å². The van der Waals surface area contributed by atoms with Gasteiger partial charge in [-0.1, -0.05) is 0 Å². The minimum atomic E-state index is 0.608. The molecule has 2 heterocycles. The summed E-state index contributed by atoms with van der Waals surface area (Å²) in [5.74, 6) is 0.653. The molecule has 0 unspecified atom stereocenters. The second-order valence-corrected chi connectivity index (χ2v) is 3.63. The Hall–Kier alpha value is -1.84. The first-order chi connectivity index (χ1) is 7.70. The van der Waals surface area contributed by atoms with E-state index in [0.717, 1.165) is 17.1 Å². The maximum Gasteiger partial charge on any atom is 0.238 e. The van der Waals surface area contributed by atoms with Crippen molar-refractivity contribution in [1.29, 1.82) is 0 Å². The third-order valence-electron chi connectivity index (χ3n) is 2.25. The Kier molecular flexibility index (Phi) is 2.90. The first kappa shape index (κ1) is 10.7. The molecule has 0 bridgehead atoms. The predicted molar refractivity (Wildman–Crippen MR) is 62.0 cm³/mol. The monoisotopic (exact) mass is 217 g/mol. The van der Waals surface area contributed by atoms with Crippen molar-refractivity contribution in [3.8, 4) is 11.6 Å². The molecule has 0 saturated heterocycles. The van der Waals surface area contributed by atoms with Crippen molar-refractivity contribution in [1.82, 2.24) is 14.5 Å². The number of aryl methyl sites for hydroxylation is 2. The molecule has 4 nitrogen and oxygen atoms in total. The van der Waals surface area contributed by atoms with E-state index in [1.807, 2.05) is 43.7 Å². The van der Waals surface area contributed by atoms with Gasteiger partial charge in [-0.25, -0.2) is 9.97 Å². The second kappa shape index (κ2) is 4.35. The van der Waals surface area contributed by atoms with Crippen LogP contribution in [0.25, 0.3) is 5.69 Å². The average molecular weight is 217 g/mol. The molecule has 0 aliphatic carbocycles. The van der Waals surface area contributed by atoms with E-state index in [4.69, 9.17) is 4.74 Å². The van der Waals surface area contributed by atoms with Gasteiger partial charge in [0.15, 0.2) is 0 Å². The SMILES string of the molecule is CCOc1nc(C)ccc1-n1cnc(C)c1. The number of pyridine rings is 1. The number of imidazole rings is 1. The molecule has 0 aliphatic heterocycles. The summed E-state index contributed by atoms with van der Waals surface area (Å²) < 4.78 is 7.45. The minimum Gasteiger partial charge on any atom is -0.476 e. The maximum atomic E-state index is 5.52. The van der Waals surface area contributed by atoms with Crippen LogP contribution in [0.15, 0.2) is 24.7 Å². The van der Waals surface area contributed by atoms with Gasteiger partial charge < -0.3 is 9.30 Å². The number of hydrogen-bond acceptors (Lipinski definition) is 3. The molecular weight excluding hydrogens is 202 g/mol. The van der Waals surface area contributed by atoms with E-state index in [2.05, 4.69) is 9.97 Å². The first-order valence-electron chi connectivity index (χ1n) is 5.32. The number of aromatic nitrogens is 3. The largest absolute Gasteiger partial charge is 0.476 e. The number of nitrogens with zero attached hydrogens (tertiary/aromatic N) is 3. The van der Waals surface area contributed by atoms with Crippen molar-refractivity contribution in [3.63, 3.8) is 0 Å². The molecule has 0 N–H and O–H groups in total. The fraction of sp³-hybridized carbons (Fsp3) is 0.333. The van der Waals surface area contributed by atoms with E-state index in [9.17, 15) is 0 Å². The molecule has 2 aromatic heterocycles.